The maximum Gasteiger partial charge on any atom is 0.207 e. The molecule has 1 N–H and O–H groups in total. The largest absolute Gasteiger partial charge is 0.344 e. The maximum atomic E-state index is 5.03. The molecule has 2 rings (SSSR count). The van der Waals surface area contributed by atoms with Crippen LogP contribution in [0.1, 0.15) is 13.8 Å². The summed E-state index contributed by atoms with van der Waals surface area (Å²) >= 11 is 6.59. The number of aromatic amines is 1. The molecule has 1 aromatic rings. The lowest BCUT2D eigenvalue weighted by molar-refractivity contribution is 0.209. The van der Waals surface area contributed by atoms with Gasteiger partial charge in [0.15, 0.2) is 3.95 Å². The van der Waals surface area contributed by atoms with Gasteiger partial charge in [-0.2, -0.15) is 0 Å². The minimum Gasteiger partial charge on any atom is -0.344 e. The van der Waals surface area contributed by atoms with Crippen LogP contribution >= 0.6 is 23.6 Å². The second kappa shape index (κ2) is 4.59. The van der Waals surface area contributed by atoms with Crippen LogP contribution in [-0.4, -0.2) is 47.3 Å². The summed E-state index contributed by atoms with van der Waals surface area (Å²) in [7, 11) is 0. The van der Waals surface area contributed by atoms with E-state index in [0.29, 0.717) is 6.04 Å². The zero-order valence-electron chi connectivity index (χ0n) is 9.06. The van der Waals surface area contributed by atoms with Crippen molar-refractivity contribution in [3.8, 4) is 0 Å². The molecule has 0 aliphatic carbocycles. The van der Waals surface area contributed by atoms with Crippen LogP contribution in [0.4, 0.5) is 5.13 Å². The van der Waals surface area contributed by atoms with Crippen LogP contribution < -0.4 is 4.90 Å². The third-order valence-corrected chi connectivity index (χ3v) is 3.89. The summed E-state index contributed by atoms with van der Waals surface area (Å²) < 4.78 is 0.760. The van der Waals surface area contributed by atoms with Crippen molar-refractivity contribution in [2.24, 2.45) is 0 Å². The molecular formula is C9H16N4S2. The van der Waals surface area contributed by atoms with Gasteiger partial charge in [0.2, 0.25) is 5.13 Å². The molecule has 1 saturated heterocycles. The van der Waals surface area contributed by atoms with E-state index in [-0.39, 0.29) is 0 Å². The first-order chi connectivity index (χ1) is 7.16. The highest BCUT2D eigenvalue weighted by atomic mass is 32.1. The van der Waals surface area contributed by atoms with Gasteiger partial charge in [0.1, 0.15) is 0 Å². The fourth-order valence-electron chi connectivity index (χ4n) is 1.79. The van der Waals surface area contributed by atoms with Gasteiger partial charge in [0, 0.05) is 32.2 Å². The van der Waals surface area contributed by atoms with Crippen molar-refractivity contribution in [1.29, 1.82) is 0 Å². The van der Waals surface area contributed by atoms with E-state index in [9.17, 15) is 0 Å². The molecule has 0 bridgehead atoms. The molecule has 2 heterocycles. The summed E-state index contributed by atoms with van der Waals surface area (Å²) in [5.74, 6) is 0. The Morgan fingerprint density at radius 3 is 2.47 bits per heavy atom. The highest BCUT2D eigenvalue weighted by Crippen LogP contribution is 2.19. The predicted octanol–water partition coefficient (Wildman–Crippen LogP) is 1.73. The lowest BCUT2D eigenvalue weighted by Crippen LogP contribution is -2.48. The van der Waals surface area contributed by atoms with Crippen LogP contribution in [0.5, 0.6) is 0 Å². The number of hydrogen-bond acceptors (Lipinski definition) is 5. The Kier molecular flexibility index (Phi) is 3.38. The van der Waals surface area contributed by atoms with Crippen molar-refractivity contribution in [1.82, 2.24) is 15.1 Å². The standard InChI is InChI=1S/C9H16N4S2/c1-7(2)12-3-5-13(6-4-12)8-10-11-9(14)15-8/h7H,3-6H2,1-2H3,(H,11,14). The average Bonchev–Trinajstić information content (AvgIpc) is 2.65. The Labute approximate surface area is 98.9 Å². The minimum atomic E-state index is 0.643. The van der Waals surface area contributed by atoms with E-state index in [1.165, 1.54) is 0 Å². The molecule has 0 atom stereocenters. The topological polar surface area (TPSA) is 35.2 Å². The number of piperazine rings is 1. The molecule has 0 radical (unpaired) electrons. The molecule has 0 aromatic carbocycles. The number of nitrogens with one attached hydrogen (secondary N) is 1. The molecule has 0 spiro atoms. The first-order valence-electron chi connectivity index (χ1n) is 5.21. The van der Waals surface area contributed by atoms with Gasteiger partial charge in [-0.3, -0.25) is 10.00 Å². The van der Waals surface area contributed by atoms with Gasteiger partial charge in [-0.25, -0.2) is 0 Å². The van der Waals surface area contributed by atoms with Gasteiger partial charge in [-0.1, -0.05) is 11.3 Å². The van der Waals surface area contributed by atoms with Gasteiger partial charge in [-0.05, 0) is 26.1 Å². The first-order valence-corrected chi connectivity index (χ1v) is 6.44. The molecule has 0 amide bonds. The van der Waals surface area contributed by atoms with E-state index in [2.05, 4.69) is 33.8 Å². The van der Waals surface area contributed by atoms with E-state index in [0.717, 1.165) is 35.3 Å². The lowest BCUT2D eigenvalue weighted by atomic mass is 10.2. The Balaban J connectivity index is 1.96. The summed E-state index contributed by atoms with van der Waals surface area (Å²) in [5.41, 5.74) is 0. The Bertz CT molecular complexity index is 362. The first kappa shape index (κ1) is 11.0. The molecule has 84 valence electrons. The van der Waals surface area contributed by atoms with Crippen molar-refractivity contribution < 1.29 is 0 Å². The fraction of sp³-hybridized carbons (Fsp3) is 0.778. The van der Waals surface area contributed by atoms with Crippen molar-refractivity contribution in [3.63, 3.8) is 0 Å². The van der Waals surface area contributed by atoms with Crippen molar-refractivity contribution >= 4 is 28.7 Å². The van der Waals surface area contributed by atoms with Gasteiger partial charge in [-0.15, -0.1) is 5.10 Å². The zero-order valence-corrected chi connectivity index (χ0v) is 10.7. The number of anilines is 1. The molecule has 15 heavy (non-hydrogen) atoms. The van der Waals surface area contributed by atoms with E-state index in [1.807, 2.05) is 0 Å². The normalized spacial score (nSPS) is 18.7. The third kappa shape index (κ3) is 2.56. The highest BCUT2D eigenvalue weighted by molar-refractivity contribution is 7.73. The second-order valence-electron chi connectivity index (χ2n) is 4.01. The minimum absolute atomic E-state index is 0.643. The average molecular weight is 244 g/mol. The molecule has 1 aliphatic heterocycles. The number of aromatic nitrogens is 2. The Morgan fingerprint density at radius 2 is 2.00 bits per heavy atom. The summed E-state index contributed by atoms with van der Waals surface area (Å²) in [4.78, 5) is 4.79. The second-order valence-corrected chi connectivity index (χ2v) is 5.66. The summed E-state index contributed by atoms with van der Waals surface area (Å²) in [5, 5.41) is 8.06. The number of rotatable bonds is 2. The van der Waals surface area contributed by atoms with E-state index >= 15 is 0 Å². The van der Waals surface area contributed by atoms with E-state index in [4.69, 9.17) is 12.2 Å². The smallest absolute Gasteiger partial charge is 0.207 e. The van der Waals surface area contributed by atoms with Crippen LogP contribution in [0.2, 0.25) is 0 Å². The predicted molar refractivity (Wildman–Crippen MR) is 66.2 cm³/mol. The highest BCUT2D eigenvalue weighted by Gasteiger charge is 2.20. The van der Waals surface area contributed by atoms with Crippen LogP contribution in [0.3, 0.4) is 0 Å². The number of hydrogen-bond donors (Lipinski definition) is 1. The van der Waals surface area contributed by atoms with Gasteiger partial charge in [0.25, 0.3) is 0 Å². The molecule has 1 fully saturated rings. The van der Waals surface area contributed by atoms with Crippen LogP contribution in [0.15, 0.2) is 0 Å². The Hall–Kier alpha value is -0.460. The van der Waals surface area contributed by atoms with E-state index < -0.39 is 0 Å². The molecule has 1 aromatic heterocycles. The fourth-order valence-corrected chi connectivity index (χ4v) is 2.72. The molecular weight excluding hydrogens is 228 g/mol. The van der Waals surface area contributed by atoms with E-state index in [1.54, 1.807) is 11.3 Å². The lowest BCUT2D eigenvalue weighted by Gasteiger charge is -2.36. The zero-order chi connectivity index (χ0) is 10.8. The summed E-state index contributed by atoms with van der Waals surface area (Å²) in [6.45, 7) is 8.82. The third-order valence-electron chi connectivity index (χ3n) is 2.74. The molecule has 1 aliphatic rings. The monoisotopic (exact) mass is 244 g/mol. The van der Waals surface area contributed by atoms with Crippen LogP contribution in [0.25, 0.3) is 0 Å². The van der Waals surface area contributed by atoms with Gasteiger partial charge < -0.3 is 4.90 Å². The maximum absolute atomic E-state index is 5.03. The van der Waals surface area contributed by atoms with Crippen LogP contribution in [0, 0.1) is 3.95 Å². The number of nitrogens with zero attached hydrogens (tertiary/aromatic N) is 3. The summed E-state index contributed by atoms with van der Waals surface area (Å²) in [6.07, 6.45) is 0. The molecule has 4 nitrogen and oxygen atoms in total. The quantitative estimate of drug-likeness (QED) is 0.804. The van der Waals surface area contributed by atoms with Crippen molar-refractivity contribution in [2.75, 3.05) is 31.1 Å². The molecule has 0 saturated carbocycles. The van der Waals surface area contributed by atoms with Gasteiger partial charge in [0.05, 0.1) is 0 Å². The molecule has 0 unspecified atom stereocenters. The number of H-pyrrole nitrogens is 1. The SMILES string of the molecule is CC(C)N1CCN(c2n[nH]c(=S)s2)CC1. The van der Waals surface area contributed by atoms with Crippen molar-refractivity contribution in [3.05, 3.63) is 3.95 Å². The van der Waals surface area contributed by atoms with Crippen LogP contribution in [-0.2, 0) is 0 Å². The van der Waals surface area contributed by atoms with Gasteiger partial charge >= 0.3 is 0 Å². The van der Waals surface area contributed by atoms with Crippen molar-refractivity contribution in [2.45, 2.75) is 19.9 Å². The Morgan fingerprint density at radius 1 is 1.33 bits per heavy atom. The molecule has 6 heteroatoms. The summed E-state index contributed by atoms with van der Waals surface area (Å²) in [6, 6.07) is 0.643.